The Hall–Kier alpha value is -12.8. The van der Waals surface area contributed by atoms with Crippen LogP contribution in [0.15, 0.2) is 200 Å². The Kier molecular flexibility index (Phi) is 22.8. The molecule has 9 aromatic rings. The van der Waals surface area contributed by atoms with Crippen LogP contribution in [0, 0.1) is 0 Å². The van der Waals surface area contributed by atoms with E-state index in [-0.39, 0.29) is 71.3 Å². The van der Waals surface area contributed by atoms with E-state index in [9.17, 15) is 38.4 Å². The van der Waals surface area contributed by atoms with E-state index in [1.807, 2.05) is 103 Å². The number of allylic oxidation sites excluding steroid dienone is 1. The van der Waals surface area contributed by atoms with Crippen LogP contribution in [0.3, 0.4) is 0 Å². The van der Waals surface area contributed by atoms with Crippen molar-refractivity contribution < 1.29 is 62.8 Å². The highest BCUT2D eigenvalue weighted by atomic mass is 79.9. The van der Waals surface area contributed by atoms with Crippen LogP contribution < -0.4 is 48.6 Å². The molecule has 3 atom stereocenters. The summed E-state index contributed by atoms with van der Waals surface area (Å²) in [5.74, 6) is -0.925. The summed E-state index contributed by atoms with van der Waals surface area (Å²) in [6.07, 6.45) is 8.68. The summed E-state index contributed by atoms with van der Waals surface area (Å²) in [7, 11) is 0. The van der Waals surface area contributed by atoms with Crippen molar-refractivity contribution in [1.29, 1.82) is 0 Å². The predicted octanol–water partition coefficient (Wildman–Crippen LogP) is 8.62. The molecule has 0 spiro atoms. The molecule has 14 N–H and O–H groups in total. The van der Waals surface area contributed by atoms with Crippen LogP contribution in [-0.2, 0) is 24.0 Å². The molecule has 3 fully saturated rings. The van der Waals surface area contributed by atoms with Gasteiger partial charge in [-0.05, 0) is 135 Å². The lowest BCUT2D eigenvalue weighted by Gasteiger charge is -2.15. The van der Waals surface area contributed by atoms with Crippen molar-refractivity contribution in [3.63, 3.8) is 0 Å². The fourth-order valence-corrected chi connectivity index (χ4v) is 11.8. The van der Waals surface area contributed by atoms with E-state index in [1.165, 1.54) is 19.2 Å². The smallest absolute Gasteiger partial charge is 0.328 e. The second-order valence-electron chi connectivity index (χ2n) is 23.2. The third-order valence-electron chi connectivity index (χ3n) is 16.5. The van der Waals surface area contributed by atoms with Gasteiger partial charge in [-0.25, -0.2) is 23.6 Å². The molecule has 6 amide bonds. The maximum absolute atomic E-state index is 12.3. The highest BCUT2D eigenvalue weighted by Crippen LogP contribution is 2.38. The number of nitrogen functional groups attached to an aromatic ring is 3. The summed E-state index contributed by atoms with van der Waals surface area (Å²) in [6, 6.07) is 48.7. The fraction of sp³-hybridized carbons (Fsp3) is 0.181. The van der Waals surface area contributed by atoms with E-state index in [2.05, 4.69) is 31.2 Å². The van der Waals surface area contributed by atoms with Gasteiger partial charge in [-0.15, -0.1) is 0 Å². The van der Waals surface area contributed by atoms with Gasteiger partial charge in [0.25, 0.3) is 17.7 Å². The molecule has 6 aromatic carbocycles. The van der Waals surface area contributed by atoms with Gasteiger partial charge < -0.3 is 73.5 Å². The zero-order valence-corrected chi connectivity index (χ0v) is 55.7. The lowest BCUT2D eigenvalue weighted by molar-refractivity contribution is -0.132. The molecule has 0 unspecified atom stereocenters. The number of hydrogen-bond donors (Lipinski definition) is 8. The number of anilines is 3. The van der Waals surface area contributed by atoms with Crippen molar-refractivity contribution in [3.8, 4) is 68.3 Å². The summed E-state index contributed by atoms with van der Waals surface area (Å²) in [5.41, 5.74) is 39.1. The molecule has 101 heavy (non-hydrogen) atoms. The lowest BCUT2D eigenvalue weighted by Crippen LogP contribution is -2.28. The Balaban J connectivity index is 0.000000163. The first-order valence-corrected chi connectivity index (χ1v) is 32.7. The maximum atomic E-state index is 12.3. The van der Waals surface area contributed by atoms with E-state index in [4.69, 9.17) is 58.8 Å². The van der Waals surface area contributed by atoms with Gasteiger partial charge in [0.1, 0.15) is 85.7 Å². The van der Waals surface area contributed by atoms with Crippen LogP contribution in [0.4, 0.5) is 17.5 Å². The van der Waals surface area contributed by atoms with Crippen LogP contribution in [-0.4, -0.2) is 146 Å². The number of para-hydroxylation sites is 3. The topological polar surface area (TPSA) is 424 Å². The van der Waals surface area contributed by atoms with E-state index in [0.29, 0.717) is 113 Å². The van der Waals surface area contributed by atoms with Crippen LogP contribution in [0.5, 0.6) is 34.5 Å². The molecule has 6 heterocycles. The number of halogens is 1. The number of amides is 6. The van der Waals surface area contributed by atoms with E-state index >= 15 is 0 Å². The van der Waals surface area contributed by atoms with Crippen LogP contribution in [0.1, 0.15) is 68.5 Å². The maximum Gasteiger partial charge on any atom is 0.328 e. The number of hydrogen-bond acceptors (Lipinski definition) is 17. The molecule has 518 valence electrons. The summed E-state index contributed by atoms with van der Waals surface area (Å²) < 4.78 is 22.1. The molecule has 28 nitrogen and oxygen atoms in total. The highest BCUT2D eigenvalue weighted by molar-refractivity contribution is 9.09. The van der Waals surface area contributed by atoms with Gasteiger partial charge in [0.05, 0.1) is 18.1 Å². The number of nitrogens with two attached hydrogens (primary N) is 6. The molecule has 3 saturated heterocycles. The minimum Gasteiger partial charge on any atom is -0.478 e. The first-order valence-electron chi connectivity index (χ1n) is 31.6. The third kappa shape index (κ3) is 17.5. The monoisotopic (exact) mass is 1430 g/mol. The molecule has 3 aliphatic rings. The number of rotatable bonds is 21. The Bertz CT molecular complexity index is 4400. The number of nitrogens with zero attached hydrogens (tertiary/aromatic N) is 9. The number of primary amides is 3. The molecule has 3 aliphatic heterocycles. The summed E-state index contributed by atoms with van der Waals surface area (Å²) >= 11 is 3.27. The SMILES string of the molecule is NC(=O)c1c(-c2ccc(Oc3ccccc3)cc2)nn([C@@H]2CCN(C(=O)/C=C/C(=O)O)C2)c1N.NC(=O)c1c(-c2ccc(Oc3ccccc3)cc2)nn([C@@H]2CCN(C(=O)/C=C/CBr)C2)c1N.NC(=O)c1c(-c2ccc(Oc3ccccc3)cc2)nn([C@@H]2CCN(C(=O)/C=C\C(=O)O)C2)c1N. The number of aliphatic carboxylic acids is 2. The molecule has 0 radical (unpaired) electrons. The standard InChI is InChI=1S/C24H24BrN5O3.2C24H23N5O5/c25-13-4-7-20(31)29-14-12-17(15-29)30-23(26)21(24(27)32)22(28-30)16-8-10-19(11-9-16)33-18-5-2-1-3-6-18;2*25-23-21(24(26)33)22(15-6-8-18(9-7-15)34-17-4-2-1-3-5-17)27-29(23)16-12-13-28(14-16)19(30)10-11-20(31)32/h1-11,17H,12-15,26H2,(H2,27,32);2*1-11,16H,12-14,25H2,(H2,26,33)(H,31,32)/b7-4+;11-10+;11-10-/t17-;2*16-/m111/s1. The summed E-state index contributed by atoms with van der Waals surface area (Å²) in [5, 5.41) is 31.8. The van der Waals surface area contributed by atoms with Crippen LogP contribution in [0.2, 0.25) is 0 Å². The highest BCUT2D eigenvalue weighted by Gasteiger charge is 2.35. The number of benzene rings is 6. The average molecular weight is 1430 g/mol. The quantitative estimate of drug-likeness (QED) is 0.0246. The molecule has 0 aliphatic carbocycles. The van der Waals surface area contributed by atoms with Crippen LogP contribution >= 0.6 is 15.9 Å². The first-order chi connectivity index (χ1) is 48.6. The van der Waals surface area contributed by atoms with E-state index in [0.717, 1.165) is 30.1 Å². The Morgan fingerprint density at radius 3 is 0.901 bits per heavy atom. The predicted molar refractivity (Wildman–Crippen MR) is 379 cm³/mol. The van der Waals surface area contributed by atoms with Gasteiger partial charge in [0.2, 0.25) is 17.7 Å². The fourth-order valence-electron chi connectivity index (χ4n) is 11.6. The minimum absolute atomic E-state index is 0.0629. The van der Waals surface area contributed by atoms with Crippen LogP contribution in [0.25, 0.3) is 33.8 Å². The number of carboxylic acids is 2. The molecule has 0 saturated carbocycles. The van der Waals surface area contributed by atoms with Crippen molar-refractivity contribution in [2.75, 3.05) is 61.8 Å². The van der Waals surface area contributed by atoms with Crippen molar-refractivity contribution in [2.24, 2.45) is 17.2 Å². The first kappa shape index (κ1) is 71.0. The number of likely N-dealkylation sites (tertiary alicyclic amines) is 3. The summed E-state index contributed by atoms with van der Waals surface area (Å²) in [6.45, 7) is 2.40. The third-order valence-corrected chi connectivity index (χ3v) is 16.8. The van der Waals surface area contributed by atoms with Gasteiger partial charge in [-0.2, -0.15) is 15.3 Å². The Morgan fingerprint density at radius 2 is 0.653 bits per heavy atom. The zero-order chi connectivity index (χ0) is 71.9. The van der Waals surface area contributed by atoms with Crippen molar-refractivity contribution in [1.82, 2.24) is 44.0 Å². The number of alkyl halides is 1. The molecular formula is C72H70BrN15O13. The summed E-state index contributed by atoms with van der Waals surface area (Å²) in [4.78, 5) is 99.4. The van der Waals surface area contributed by atoms with Crippen molar-refractivity contribution in [3.05, 3.63) is 217 Å². The average Bonchev–Trinajstić information content (AvgIpc) is 1.65. The van der Waals surface area contributed by atoms with Gasteiger partial charge in [-0.3, -0.25) is 28.8 Å². The number of aromatic nitrogens is 6. The molecule has 0 bridgehead atoms. The molecule has 12 rings (SSSR count). The number of carbonyl (C=O) groups excluding carboxylic acids is 6. The van der Waals surface area contributed by atoms with Gasteiger partial charge in [0, 0.05) is 85.6 Å². The normalized spacial score (nSPS) is 15.6. The largest absolute Gasteiger partial charge is 0.478 e. The number of ether oxygens (including phenoxy) is 3. The molecule has 3 aromatic heterocycles. The Morgan fingerprint density at radius 1 is 0.396 bits per heavy atom. The number of carbonyl (C=O) groups is 8. The van der Waals surface area contributed by atoms with Gasteiger partial charge >= 0.3 is 11.9 Å². The van der Waals surface area contributed by atoms with Gasteiger partial charge in [0.15, 0.2) is 0 Å². The van der Waals surface area contributed by atoms with Crippen molar-refractivity contribution >= 4 is 80.8 Å². The zero-order valence-electron chi connectivity index (χ0n) is 54.1. The van der Waals surface area contributed by atoms with E-state index < -0.39 is 41.5 Å². The molecular weight excluding hydrogens is 1360 g/mol. The molecule has 29 heteroatoms. The second-order valence-corrected chi connectivity index (χ2v) is 23.8. The minimum atomic E-state index is -1.20. The van der Waals surface area contributed by atoms with Crippen molar-refractivity contribution in [2.45, 2.75) is 37.4 Å². The van der Waals surface area contributed by atoms with E-state index in [1.54, 1.807) is 82.4 Å². The number of carboxylic acid groups (broad SMARTS) is 2. The second kappa shape index (κ2) is 32.5. The van der Waals surface area contributed by atoms with Gasteiger partial charge in [-0.1, -0.05) is 76.6 Å². The Labute approximate surface area is 586 Å². The lowest BCUT2D eigenvalue weighted by atomic mass is 10.1.